The molecule has 1 heterocycles. The molecule has 0 unspecified atom stereocenters. The first-order valence-corrected chi connectivity index (χ1v) is 5.45. The smallest absolute Gasteiger partial charge is 0.406 e. The molecule has 0 atom stereocenters. The van der Waals surface area contributed by atoms with Gasteiger partial charge in [0.05, 0.1) is 18.1 Å². The summed E-state index contributed by atoms with van der Waals surface area (Å²) in [6.07, 6.45) is -1.72. The van der Waals surface area contributed by atoms with Gasteiger partial charge in [0, 0.05) is 3.57 Å². The number of halogens is 4. The first kappa shape index (κ1) is 12.1. The summed E-state index contributed by atoms with van der Waals surface area (Å²) in [5.41, 5.74) is 0.588. The van der Waals surface area contributed by atoms with E-state index in [-0.39, 0.29) is 5.75 Å². The lowest BCUT2D eigenvalue weighted by Gasteiger charge is -2.10. The molecule has 1 aromatic carbocycles. The van der Waals surface area contributed by atoms with Crippen molar-refractivity contribution >= 4 is 22.6 Å². The van der Waals surface area contributed by atoms with E-state index < -0.39 is 6.36 Å². The lowest BCUT2D eigenvalue weighted by molar-refractivity contribution is -0.274. The van der Waals surface area contributed by atoms with E-state index in [4.69, 9.17) is 0 Å². The highest BCUT2D eigenvalue weighted by Crippen LogP contribution is 2.26. The SMILES string of the molecule is FC(F)(F)Oc1ccc(-n2nccn2)c(I)c1. The third-order valence-corrected chi connectivity index (χ3v) is 2.65. The van der Waals surface area contributed by atoms with E-state index in [1.165, 1.54) is 35.4 Å². The highest BCUT2D eigenvalue weighted by atomic mass is 127. The molecule has 0 saturated heterocycles. The number of hydrogen-bond donors (Lipinski definition) is 0. The zero-order valence-electron chi connectivity index (χ0n) is 8.15. The minimum atomic E-state index is -4.69. The zero-order valence-corrected chi connectivity index (χ0v) is 10.3. The highest BCUT2D eigenvalue weighted by molar-refractivity contribution is 14.1. The molecule has 0 fully saturated rings. The summed E-state index contributed by atoms with van der Waals surface area (Å²) in [7, 11) is 0. The van der Waals surface area contributed by atoms with Crippen LogP contribution in [0.2, 0.25) is 0 Å². The van der Waals surface area contributed by atoms with Gasteiger partial charge >= 0.3 is 6.36 Å². The van der Waals surface area contributed by atoms with Crippen LogP contribution in [0.3, 0.4) is 0 Å². The van der Waals surface area contributed by atoms with Crippen molar-refractivity contribution in [2.24, 2.45) is 0 Å². The summed E-state index contributed by atoms with van der Waals surface area (Å²) in [5.74, 6) is -0.266. The summed E-state index contributed by atoms with van der Waals surface area (Å²) >= 11 is 1.89. The van der Waals surface area contributed by atoms with E-state index in [1.54, 1.807) is 0 Å². The van der Waals surface area contributed by atoms with Gasteiger partial charge < -0.3 is 4.74 Å². The molecule has 0 aliphatic carbocycles. The quantitative estimate of drug-likeness (QED) is 0.778. The Morgan fingerprint density at radius 1 is 1.18 bits per heavy atom. The molecule has 17 heavy (non-hydrogen) atoms. The van der Waals surface area contributed by atoms with Crippen molar-refractivity contribution in [2.45, 2.75) is 6.36 Å². The van der Waals surface area contributed by atoms with Gasteiger partial charge in [0.1, 0.15) is 5.75 Å². The largest absolute Gasteiger partial charge is 0.573 e. The van der Waals surface area contributed by atoms with Gasteiger partial charge in [-0.3, -0.25) is 0 Å². The molecule has 0 spiro atoms. The van der Waals surface area contributed by atoms with Gasteiger partial charge in [0.25, 0.3) is 0 Å². The summed E-state index contributed by atoms with van der Waals surface area (Å²) < 4.78 is 40.3. The molecule has 0 saturated carbocycles. The van der Waals surface area contributed by atoms with Gasteiger partial charge in [-0.1, -0.05) is 0 Å². The van der Waals surface area contributed by atoms with Gasteiger partial charge in [0.2, 0.25) is 0 Å². The molecule has 90 valence electrons. The predicted molar refractivity (Wildman–Crippen MR) is 60.8 cm³/mol. The lowest BCUT2D eigenvalue weighted by atomic mass is 10.3. The second-order valence-electron chi connectivity index (χ2n) is 2.98. The van der Waals surface area contributed by atoms with Crippen molar-refractivity contribution < 1.29 is 17.9 Å². The average molecular weight is 355 g/mol. The van der Waals surface area contributed by atoms with Crippen molar-refractivity contribution in [1.29, 1.82) is 0 Å². The highest BCUT2D eigenvalue weighted by Gasteiger charge is 2.31. The molecule has 1 aromatic heterocycles. The Morgan fingerprint density at radius 3 is 2.35 bits per heavy atom. The van der Waals surface area contributed by atoms with Crippen LogP contribution in [0.1, 0.15) is 0 Å². The first-order chi connectivity index (χ1) is 7.96. The minimum absolute atomic E-state index is 0.266. The Bertz CT molecular complexity index is 513. The van der Waals surface area contributed by atoms with Crippen molar-refractivity contribution in [3.63, 3.8) is 0 Å². The molecule has 0 aliphatic rings. The molecular weight excluding hydrogens is 350 g/mol. The average Bonchev–Trinajstić information content (AvgIpc) is 2.68. The van der Waals surface area contributed by atoms with Crippen LogP contribution in [0.5, 0.6) is 5.75 Å². The fraction of sp³-hybridized carbons (Fsp3) is 0.111. The van der Waals surface area contributed by atoms with E-state index in [1.807, 2.05) is 22.6 Å². The standard InChI is InChI=1S/C9H5F3IN3O/c10-9(11,12)17-6-1-2-8(7(13)5-6)16-14-3-4-15-16/h1-5H. The van der Waals surface area contributed by atoms with E-state index >= 15 is 0 Å². The Labute approximate surface area is 108 Å². The minimum Gasteiger partial charge on any atom is -0.406 e. The molecule has 8 heteroatoms. The second kappa shape index (κ2) is 4.51. The molecule has 0 amide bonds. The number of ether oxygens (including phenoxy) is 1. The van der Waals surface area contributed by atoms with Crippen LogP contribution in [-0.4, -0.2) is 21.4 Å². The van der Waals surface area contributed by atoms with Gasteiger partial charge in [-0.15, -0.1) is 13.2 Å². The summed E-state index contributed by atoms with van der Waals surface area (Å²) in [6, 6.07) is 3.95. The number of benzene rings is 1. The van der Waals surface area contributed by atoms with Crippen LogP contribution < -0.4 is 4.74 Å². The van der Waals surface area contributed by atoms with E-state index in [0.29, 0.717) is 9.26 Å². The molecular formula is C9H5F3IN3O. The Morgan fingerprint density at radius 2 is 1.82 bits per heavy atom. The Hall–Kier alpha value is -1.32. The maximum Gasteiger partial charge on any atom is 0.573 e. The third kappa shape index (κ3) is 3.08. The lowest BCUT2D eigenvalue weighted by Crippen LogP contribution is -2.17. The molecule has 0 N–H and O–H groups in total. The Balaban J connectivity index is 2.30. The molecule has 0 aliphatic heterocycles. The van der Waals surface area contributed by atoms with Gasteiger partial charge in [-0.2, -0.15) is 15.0 Å². The predicted octanol–water partition coefficient (Wildman–Crippen LogP) is 2.77. The second-order valence-corrected chi connectivity index (χ2v) is 4.14. The van der Waals surface area contributed by atoms with E-state index in [2.05, 4.69) is 14.9 Å². The van der Waals surface area contributed by atoms with E-state index in [9.17, 15) is 13.2 Å². The van der Waals surface area contributed by atoms with Crippen LogP contribution >= 0.6 is 22.6 Å². The molecule has 2 rings (SSSR count). The number of rotatable bonds is 2. The van der Waals surface area contributed by atoms with E-state index in [0.717, 1.165) is 0 Å². The molecule has 4 nitrogen and oxygen atoms in total. The van der Waals surface area contributed by atoms with Crippen molar-refractivity contribution in [3.8, 4) is 11.4 Å². The zero-order chi connectivity index (χ0) is 12.5. The van der Waals surface area contributed by atoms with Gasteiger partial charge in [-0.05, 0) is 40.8 Å². The van der Waals surface area contributed by atoms with Crippen LogP contribution in [-0.2, 0) is 0 Å². The van der Waals surface area contributed by atoms with Crippen LogP contribution in [0.15, 0.2) is 30.6 Å². The monoisotopic (exact) mass is 355 g/mol. The molecule has 0 radical (unpaired) electrons. The maximum atomic E-state index is 12.0. The van der Waals surface area contributed by atoms with Crippen molar-refractivity contribution in [3.05, 3.63) is 34.2 Å². The van der Waals surface area contributed by atoms with Crippen molar-refractivity contribution in [1.82, 2.24) is 15.0 Å². The number of aromatic nitrogens is 3. The van der Waals surface area contributed by atoms with Gasteiger partial charge in [-0.25, -0.2) is 0 Å². The number of nitrogens with zero attached hydrogens (tertiary/aromatic N) is 3. The third-order valence-electron chi connectivity index (χ3n) is 1.79. The van der Waals surface area contributed by atoms with Gasteiger partial charge in [0.15, 0.2) is 0 Å². The number of alkyl halides is 3. The fourth-order valence-corrected chi connectivity index (χ4v) is 1.89. The summed E-state index contributed by atoms with van der Waals surface area (Å²) in [4.78, 5) is 1.32. The fourth-order valence-electron chi connectivity index (χ4n) is 1.19. The number of hydrogen-bond acceptors (Lipinski definition) is 3. The normalized spacial score (nSPS) is 11.5. The maximum absolute atomic E-state index is 12.0. The molecule has 2 aromatic rings. The van der Waals surface area contributed by atoms with Crippen LogP contribution in [0.4, 0.5) is 13.2 Å². The molecule has 0 bridgehead atoms. The topological polar surface area (TPSA) is 39.9 Å². The summed E-state index contributed by atoms with van der Waals surface area (Å²) in [6.45, 7) is 0. The first-order valence-electron chi connectivity index (χ1n) is 4.38. The van der Waals surface area contributed by atoms with Crippen LogP contribution in [0, 0.1) is 3.57 Å². The summed E-state index contributed by atoms with van der Waals surface area (Å²) in [5, 5.41) is 7.78. The van der Waals surface area contributed by atoms with Crippen molar-refractivity contribution in [2.75, 3.05) is 0 Å². The van der Waals surface area contributed by atoms with Crippen LogP contribution in [0.25, 0.3) is 5.69 Å². The Kier molecular flexibility index (Phi) is 3.22.